The predicted molar refractivity (Wildman–Crippen MR) is 135 cm³/mol. The predicted octanol–water partition coefficient (Wildman–Crippen LogP) is 4.96. The zero-order chi connectivity index (χ0) is 25.5. The molecular weight excluding hydrogens is 472 g/mol. The lowest BCUT2D eigenvalue weighted by molar-refractivity contribution is 0.0225. The molecule has 37 heavy (non-hydrogen) atoms. The Morgan fingerprint density at radius 2 is 1.22 bits per heavy atom. The first-order valence-corrected chi connectivity index (χ1v) is 11.8. The van der Waals surface area contributed by atoms with Crippen molar-refractivity contribution < 1.29 is 34.7 Å². The summed E-state index contributed by atoms with van der Waals surface area (Å²) in [5, 5.41) is 43.2. The Morgan fingerprint density at radius 1 is 0.676 bits per heavy atom. The third-order valence-electron chi connectivity index (χ3n) is 7.48. The summed E-state index contributed by atoms with van der Waals surface area (Å²) in [6.45, 7) is -0.740. The number of hydrogen-bond acceptors (Lipinski definition) is 7. The Bertz CT molecular complexity index is 1710. The SMILES string of the molecule is O=C1OC2(c3cc4ccc(O)c(CO)c4cc3Oc3cc4c(CO)c(O)ccc4cc32)c2ccccc21. The molecule has 7 heteroatoms. The maximum atomic E-state index is 13.2. The van der Waals surface area contributed by atoms with Crippen molar-refractivity contribution >= 4 is 27.5 Å². The highest BCUT2D eigenvalue weighted by molar-refractivity contribution is 5.99. The highest BCUT2D eigenvalue weighted by atomic mass is 16.6. The summed E-state index contributed by atoms with van der Waals surface area (Å²) in [6.07, 6.45) is 0. The fraction of sp³-hybridized carbons (Fsp3) is 0.100. The summed E-state index contributed by atoms with van der Waals surface area (Å²) in [7, 11) is 0. The van der Waals surface area contributed by atoms with Crippen LogP contribution >= 0.6 is 0 Å². The third kappa shape index (κ3) is 2.75. The van der Waals surface area contributed by atoms with E-state index >= 15 is 0 Å². The van der Waals surface area contributed by atoms with Crippen LogP contribution < -0.4 is 4.74 Å². The number of phenols is 2. The molecule has 4 N–H and O–H groups in total. The second kappa shape index (κ2) is 7.46. The maximum Gasteiger partial charge on any atom is 0.340 e. The lowest BCUT2D eigenvalue weighted by Gasteiger charge is -2.37. The molecule has 182 valence electrons. The monoisotopic (exact) mass is 492 g/mol. The molecule has 5 aromatic carbocycles. The fourth-order valence-electron chi connectivity index (χ4n) is 5.74. The van der Waals surface area contributed by atoms with Crippen molar-refractivity contribution in [3.63, 3.8) is 0 Å². The second-order valence-corrected chi connectivity index (χ2v) is 9.30. The molecule has 1 spiro atoms. The van der Waals surface area contributed by atoms with Crippen molar-refractivity contribution in [3.8, 4) is 23.0 Å². The molecule has 0 unspecified atom stereocenters. The molecule has 0 saturated heterocycles. The number of benzene rings is 5. The number of rotatable bonds is 2. The van der Waals surface area contributed by atoms with Gasteiger partial charge in [-0.2, -0.15) is 0 Å². The molecule has 0 atom stereocenters. The average Bonchev–Trinajstić information content (AvgIpc) is 3.20. The summed E-state index contributed by atoms with van der Waals surface area (Å²) in [6, 6.07) is 20.9. The molecule has 0 saturated carbocycles. The van der Waals surface area contributed by atoms with E-state index in [0.717, 1.165) is 10.8 Å². The molecule has 0 amide bonds. The van der Waals surface area contributed by atoms with Crippen LogP contribution in [0.2, 0.25) is 0 Å². The van der Waals surface area contributed by atoms with E-state index in [1.165, 1.54) is 12.1 Å². The molecule has 2 heterocycles. The number of hydrogen-bond donors (Lipinski definition) is 4. The largest absolute Gasteiger partial charge is 0.508 e. The molecule has 0 aliphatic carbocycles. The van der Waals surface area contributed by atoms with Crippen LogP contribution in [-0.4, -0.2) is 26.4 Å². The summed E-state index contributed by atoms with van der Waals surface area (Å²) in [5.41, 5.74) is 1.75. The van der Waals surface area contributed by atoms with Gasteiger partial charge in [-0.3, -0.25) is 0 Å². The lowest BCUT2D eigenvalue weighted by Crippen LogP contribution is -2.33. The summed E-state index contributed by atoms with van der Waals surface area (Å²) in [4.78, 5) is 13.2. The number of fused-ring (bicyclic) bond motifs is 8. The molecule has 7 rings (SSSR count). The van der Waals surface area contributed by atoms with Crippen LogP contribution in [0.25, 0.3) is 21.5 Å². The third-order valence-corrected chi connectivity index (χ3v) is 7.48. The topological polar surface area (TPSA) is 116 Å². The molecule has 0 bridgehead atoms. The Hall–Kier alpha value is -4.59. The molecule has 2 aliphatic heterocycles. The standard InChI is InChI=1S/C30H20O7/c31-13-20-18-11-27-23(9-15(18)5-7-25(20)33)30(22-4-2-1-3-17(22)29(35)37-30)24-10-16-6-8-26(34)21(14-32)19(16)12-28(24)36-27/h1-12,31-34H,13-14H2. The number of carbonyl (C=O) groups excluding carboxylic acids is 1. The minimum atomic E-state index is -1.31. The van der Waals surface area contributed by atoms with Gasteiger partial charge in [0.2, 0.25) is 0 Å². The van der Waals surface area contributed by atoms with Gasteiger partial charge in [0, 0.05) is 27.8 Å². The first-order valence-electron chi connectivity index (χ1n) is 11.8. The van der Waals surface area contributed by atoms with Gasteiger partial charge in [0.15, 0.2) is 5.60 Å². The number of aliphatic hydroxyl groups excluding tert-OH is 2. The number of esters is 1. The van der Waals surface area contributed by atoms with Crippen LogP contribution in [0.5, 0.6) is 23.0 Å². The van der Waals surface area contributed by atoms with E-state index in [0.29, 0.717) is 55.7 Å². The molecule has 2 aliphatic rings. The smallest absolute Gasteiger partial charge is 0.340 e. The summed E-state index contributed by atoms with van der Waals surface area (Å²) >= 11 is 0. The van der Waals surface area contributed by atoms with E-state index in [-0.39, 0.29) is 24.7 Å². The van der Waals surface area contributed by atoms with Gasteiger partial charge >= 0.3 is 5.97 Å². The number of ether oxygens (including phenoxy) is 2. The number of carbonyl (C=O) groups is 1. The van der Waals surface area contributed by atoms with Crippen molar-refractivity contribution in [3.05, 3.63) is 106 Å². The maximum absolute atomic E-state index is 13.2. The van der Waals surface area contributed by atoms with Crippen molar-refractivity contribution in [2.75, 3.05) is 0 Å². The van der Waals surface area contributed by atoms with Gasteiger partial charge in [-0.15, -0.1) is 0 Å². The molecule has 7 nitrogen and oxygen atoms in total. The van der Waals surface area contributed by atoms with Gasteiger partial charge in [0.1, 0.15) is 23.0 Å². The Morgan fingerprint density at radius 3 is 1.76 bits per heavy atom. The highest BCUT2D eigenvalue weighted by Crippen LogP contribution is 2.57. The van der Waals surface area contributed by atoms with Crippen molar-refractivity contribution in [2.45, 2.75) is 18.8 Å². The number of aromatic hydroxyl groups is 2. The minimum absolute atomic E-state index is 0.0347. The highest BCUT2D eigenvalue weighted by Gasteiger charge is 2.53. The van der Waals surface area contributed by atoms with E-state index in [9.17, 15) is 25.2 Å². The van der Waals surface area contributed by atoms with E-state index < -0.39 is 11.6 Å². The quantitative estimate of drug-likeness (QED) is 0.258. The van der Waals surface area contributed by atoms with Gasteiger partial charge < -0.3 is 29.9 Å². The van der Waals surface area contributed by atoms with Gasteiger partial charge in [-0.1, -0.05) is 30.3 Å². The lowest BCUT2D eigenvalue weighted by atomic mass is 9.76. The van der Waals surface area contributed by atoms with Gasteiger partial charge in [-0.05, 0) is 64.0 Å². The van der Waals surface area contributed by atoms with Crippen molar-refractivity contribution in [1.29, 1.82) is 0 Å². The molecule has 0 radical (unpaired) electrons. The minimum Gasteiger partial charge on any atom is -0.508 e. The van der Waals surface area contributed by atoms with Gasteiger partial charge in [-0.25, -0.2) is 4.79 Å². The summed E-state index contributed by atoms with van der Waals surface area (Å²) in [5.74, 6) is 0.267. The van der Waals surface area contributed by atoms with E-state index in [1.54, 1.807) is 36.4 Å². The number of aliphatic hydroxyl groups is 2. The van der Waals surface area contributed by atoms with Crippen LogP contribution in [0, 0.1) is 0 Å². The van der Waals surface area contributed by atoms with Crippen molar-refractivity contribution in [2.24, 2.45) is 0 Å². The molecular formula is C30H20O7. The van der Waals surface area contributed by atoms with E-state index in [2.05, 4.69) is 0 Å². The fourth-order valence-corrected chi connectivity index (χ4v) is 5.74. The van der Waals surface area contributed by atoms with Gasteiger partial charge in [0.25, 0.3) is 0 Å². The normalized spacial score (nSPS) is 14.8. The van der Waals surface area contributed by atoms with Crippen LogP contribution in [0.1, 0.15) is 38.2 Å². The molecule has 5 aromatic rings. The Kier molecular flexibility index (Phi) is 4.37. The Balaban J connectivity index is 1.62. The van der Waals surface area contributed by atoms with Crippen LogP contribution in [0.15, 0.2) is 72.8 Å². The first-order chi connectivity index (χ1) is 18.0. The van der Waals surface area contributed by atoms with Crippen LogP contribution in [-0.2, 0) is 23.6 Å². The van der Waals surface area contributed by atoms with E-state index in [4.69, 9.17) is 9.47 Å². The zero-order valence-electron chi connectivity index (χ0n) is 19.4. The Labute approximate surface area is 210 Å². The van der Waals surface area contributed by atoms with Crippen LogP contribution in [0.4, 0.5) is 0 Å². The van der Waals surface area contributed by atoms with Gasteiger partial charge in [0.05, 0.1) is 18.8 Å². The van der Waals surface area contributed by atoms with Crippen molar-refractivity contribution in [1.82, 2.24) is 0 Å². The molecule has 0 aromatic heterocycles. The average molecular weight is 492 g/mol. The van der Waals surface area contributed by atoms with Crippen LogP contribution in [0.3, 0.4) is 0 Å². The molecule has 0 fully saturated rings. The zero-order valence-corrected chi connectivity index (χ0v) is 19.4. The van der Waals surface area contributed by atoms with E-state index in [1.807, 2.05) is 24.3 Å². The summed E-state index contributed by atoms with van der Waals surface area (Å²) < 4.78 is 12.6. The second-order valence-electron chi connectivity index (χ2n) is 9.30. The first kappa shape index (κ1) is 21.7.